The number of carbonyl (C=O) groups is 1. The molecule has 3 rings (SSSR count). The van der Waals surface area contributed by atoms with Crippen LogP contribution in [0.5, 0.6) is 0 Å². The first kappa shape index (κ1) is 21.0. The molecule has 1 aromatic carbocycles. The van der Waals surface area contributed by atoms with Crippen LogP contribution < -0.4 is 10.6 Å². The summed E-state index contributed by atoms with van der Waals surface area (Å²) < 4.78 is 0.824. The highest BCUT2D eigenvalue weighted by molar-refractivity contribution is 9.10. The molecule has 1 amide bonds. The lowest BCUT2D eigenvalue weighted by molar-refractivity contribution is 0.0977. The second kappa shape index (κ2) is 8.32. The lowest BCUT2D eigenvalue weighted by atomic mass is 9.72. The van der Waals surface area contributed by atoms with Gasteiger partial charge >= 0.3 is 0 Å². The standard InChI is InChI=1S/C21H22BrN3OS2/c1-21(2,3)13-7-8-15-16(11-23)19(28-17(15)10-13)25-20(27)24-18(26)12-5-4-6-14(22)9-12/h4-6,9,13H,7-8,10H2,1-3H3,(H2,24,25,26,27)/t13-/m0/s1. The fraction of sp³-hybridized carbons (Fsp3) is 0.381. The van der Waals surface area contributed by atoms with Gasteiger partial charge < -0.3 is 5.32 Å². The first-order valence-corrected chi connectivity index (χ1v) is 11.1. The average Bonchev–Trinajstić information content (AvgIpc) is 2.96. The Morgan fingerprint density at radius 3 is 2.79 bits per heavy atom. The maximum Gasteiger partial charge on any atom is 0.257 e. The molecule has 146 valence electrons. The third kappa shape index (κ3) is 4.62. The second-order valence-corrected chi connectivity index (χ2v) is 10.5. The predicted molar refractivity (Wildman–Crippen MR) is 122 cm³/mol. The minimum absolute atomic E-state index is 0.201. The third-order valence-corrected chi connectivity index (χ3v) is 7.01. The van der Waals surface area contributed by atoms with Crippen molar-refractivity contribution in [3.05, 3.63) is 50.3 Å². The lowest BCUT2D eigenvalue weighted by Crippen LogP contribution is -2.34. The summed E-state index contributed by atoms with van der Waals surface area (Å²) in [7, 11) is 0. The van der Waals surface area contributed by atoms with E-state index in [0.29, 0.717) is 17.0 Å². The van der Waals surface area contributed by atoms with Crippen molar-refractivity contribution >= 4 is 55.5 Å². The molecular weight excluding hydrogens is 454 g/mol. The summed E-state index contributed by atoms with van der Waals surface area (Å²) in [6, 6.07) is 9.43. The van der Waals surface area contributed by atoms with Crippen LogP contribution in [-0.4, -0.2) is 11.0 Å². The molecular formula is C21H22BrN3OS2. The van der Waals surface area contributed by atoms with Gasteiger partial charge in [0.1, 0.15) is 11.1 Å². The fourth-order valence-corrected chi connectivity index (χ4v) is 5.41. The molecule has 2 aromatic rings. The Hall–Kier alpha value is -1.75. The summed E-state index contributed by atoms with van der Waals surface area (Å²) in [6.45, 7) is 6.81. The summed E-state index contributed by atoms with van der Waals surface area (Å²) in [5, 5.41) is 16.4. The van der Waals surface area contributed by atoms with Crippen LogP contribution in [0.25, 0.3) is 0 Å². The fourth-order valence-electron chi connectivity index (χ4n) is 3.47. The molecule has 0 fully saturated rings. The van der Waals surface area contributed by atoms with Crippen molar-refractivity contribution in [3.8, 4) is 6.07 Å². The third-order valence-electron chi connectivity index (χ3n) is 5.14. The summed E-state index contributed by atoms with van der Waals surface area (Å²) in [6.07, 6.45) is 2.98. The van der Waals surface area contributed by atoms with Crippen molar-refractivity contribution in [2.45, 2.75) is 40.0 Å². The van der Waals surface area contributed by atoms with E-state index >= 15 is 0 Å². The quantitative estimate of drug-likeness (QED) is 0.549. The van der Waals surface area contributed by atoms with Gasteiger partial charge in [-0.05, 0) is 66.6 Å². The highest BCUT2D eigenvalue weighted by Gasteiger charge is 2.32. The molecule has 7 heteroatoms. The highest BCUT2D eigenvalue weighted by atomic mass is 79.9. The number of amides is 1. The van der Waals surface area contributed by atoms with E-state index in [2.05, 4.69) is 53.4 Å². The van der Waals surface area contributed by atoms with Crippen molar-refractivity contribution in [2.24, 2.45) is 11.3 Å². The van der Waals surface area contributed by atoms with Gasteiger partial charge in [0, 0.05) is 14.9 Å². The summed E-state index contributed by atoms with van der Waals surface area (Å²) in [5.41, 5.74) is 2.55. The molecule has 1 aromatic heterocycles. The molecule has 2 N–H and O–H groups in total. The minimum Gasteiger partial charge on any atom is -0.323 e. The lowest BCUT2D eigenvalue weighted by Gasteiger charge is -2.33. The molecule has 1 atom stereocenters. The van der Waals surface area contributed by atoms with Gasteiger partial charge in [-0.2, -0.15) is 5.26 Å². The SMILES string of the molecule is CC(C)(C)[C@H]1CCc2c(sc(NC(=S)NC(=O)c3cccc(Br)c3)c2C#N)C1. The predicted octanol–water partition coefficient (Wildman–Crippen LogP) is 5.66. The van der Waals surface area contributed by atoms with E-state index in [9.17, 15) is 10.1 Å². The topological polar surface area (TPSA) is 64.9 Å². The van der Waals surface area contributed by atoms with Crippen molar-refractivity contribution in [1.29, 1.82) is 5.26 Å². The largest absolute Gasteiger partial charge is 0.323 e. The van der Waals surface area contributed by atoms with Crippen molar-refractivity contribution in [1.82, 2.24) is 5.32 Å². The van der Waals surface area contributed by atoms with Crippen molar-refractivity contribution in [3.63, 3.8) is 0 Å². The van der Waals surface area contributed by atoms with Crippen LogP contribution in [0.3, 0.4) is 0 Å². The zero-order chi connectivity index (χ0) is 20.5. The molecule has 1 aliphatic carbocycles. The van der Waals surface area contributed by atoms with Crippen LogP contribution in [0.1, 0.15) is 53.6 Å². The number of anilines is 1. The first-order chi connectivity index (χ1) is 13.2. The Kier molecular flexibility index (Phi) is 6.23. The van der Waals surface area contributed by atoms with Gasteiger partial charge in [0.15, 0.2) is 5.11 Å². The molecule has 28 heavy (non-hydrogen) atoms. The average molecular weight is 476 g/mol. The number of nitriles is 1. The normalized spacial score (nSPS) is 16.0. The van der Waals surface area contributed by atoms with Crippen molar-refractivity contribution in [2.75, 3.05) is 5.32 Å². The van der Waals surface area contributed by atoms with Crippen LogP contribution in [0, 0.1) is 22.7 Å². The van der Waals surface area contributed by atoms with Gasteiger partial charge in [0.25, 0.3) is 5.91 Å². The number of carbonyl (C=O) groups excluding carboxylic acids is 1. The zero-order valence-electron chi connectivity index (χ0n) is 16.1. The van der Waals surface area contributed by atoms with Crippen molar-refractivity contribution < 1.29 is 4.79 Å². The van der Waals surface area contributed by atoms with E-state index in [0.717, 1.165) is 34.3 Å². The number of nitrogens with one attached hydrogen (secondary N) is 2. The summed E-state index contributed by atoms with van der Waals surface area (Å²) in [4.78, 5) is 13.6. The van der Waals surface area contributed by atoms with Gasteiger partial charge in [0.2, 0.25) is 0 Å². The Balaban J connectivity index is 1.74. The summed E-state index contributed by atoms with van der Waals surface area (Å²) >= 11 is 10.3. The van der Waals surface area contributed by atoms with Crippen LogP contribution >= 0.6 is 39.5 Å². The Morgan fingerprint density at radius 1 is 1.39 bits per heavy atom. The maximum atomic E-state index is 12.4. The molecule has 1 aliphatic rings. The highest BCUT2D eigenvalue weighted by Crippen LogP contribution is 2.43. The molecule has 0 radical (unpaired) electrons. The number of rotatable bonds is 2. The molecule has 0 saturated heterocycles. The van der Waals surface area contributed by atoms with E-state index in [1.165, 1.54) is 4.88 Å². The smallest absolute Gasteiger partial charge is 0.257 e. The maximum absolute atomic E-state index is 12.4. The molecule has 0 aliphatic heterocycles. The van der Waals surface area contributed by atoms with Crippen LogP contribution in [0.2, 0.25) is 0 Å². The van der Waals surface area contributed by atoms with Gasteiger partial charge in [-0.25, -0.2) is 0 Å². The number of hydrogen-bond donors (Lipinski definition) is 2. The van der Waals surface area contributed by atoms with E-state index in [-0.39, 0.29) is 16.4 Å². The number of nitrogens with zero attached hydrogens (tertiary/aromatic N) is 1. The molecule has 0 unspecified atom stereocenters. The second-order valence-electron chi connectivity index (χ2n) is 8.04. The number of hydrogen-bond acceptors (Lipinski definition) is 4. The Bertz CT molecular complexity index is 969. The molecule has 0 saturated carbocycles. The molecule has 4 nitrogen and oxygen atoms in total. The van der Waals surface area contributed by atoms with E-state index in [1.54, 1.807) is 29.5 Å². The number of halogens is 1. The van der Waals surface area contributed by atoms with E-state index < -0.39 is 0 Å². The van der Waals surface area contributed by atoms with Gasteiger partial charge in [-0.15, -0.1) is 11.3 Å². The van der Waals surface area contributed by atoms with Crippen LogP contribution in [-0.2, 0) is 12.8 Å². The number of thiocarbonyl (C=S) groups is 1. The van der Waals surface area contributed by atoms with Crippen LogP contribution in [0.4, 0.5) is 5.00 Å². The van der Waals surface area contributed by atoms with Crippen LogP contribution in [0.15, 0.2) is 28.7 Å². The van der Waals surface area contributed by atoms with Gasteiger partial charge in [0.05, 0.1) is 5.56 Å². The molecule has 0 bridgehead atoms. The minimum atomic E-state index is -0.286. The summed E-state index contributed by atoms with van der Waals surface area (Å²) in [5.74, 6) is 0.313. The van der Waals surface area contributed by atoms with Gasteiger partial charge in [-0.1, -0.05) is 42.8 Å². The molecule has 0 spiro atoms. The number of fused-ring (bicyclic) bond motifs is 1. The van der Waals surface area contributed by atoms with E-state index in [1.807, 2.05) is 6.07 Å². The number of thiophene rings is 1. The monoisotopic (exact) mass is 475 g/mol. The van der Waals surface area contributed by atoms with Gasteiger partial charge in [-0.3, -0.25) is 10.1 Å². The van der Waals surface area contributed by atoms with E-state index in [4.69, 9.17) is 12.2 Å². The Labute approximate surface area is 183 Å². The first-order valence-electron chi connectivity index (χ1n) is 9.11. The Morgan fingerprint density at radius 2 is 2.14 bits per heavy atom. The molecule has 1 heterocycles. The zero-order valence-corrected chi connectivity index (χ0v) is 19.3. The number of benzene rings is 1.